The Morgan fingerprint density at radius 2 is 1.83 bits per heavy atom. The standard InChI is InChI=1S/C17H24O/c1-2-16(15-11-7-4-8-12-15)17(18)13-14-9-5-3-6-10-14/h3,5-6,9-10,15-16H,2,4,7-8,11-13H2,1H3. The minimum atomic E-state index is 0.297. The highest BCUT2D eigenvalue weighted by Gasteiger charge is 2.27. The smallest absolute Gasteiger partial charge is 0.140 e. The van der Waals surface area contributed by atoms with Crippen LogP contribution in [-0.4, -0.2) is 5.78 Å². The fourth-order valence-corrected chi connectivity index (χ4v) is 3.29. The molecule has 0 spiro atoms. The third-order valence-electron chi connectivity index (χ3n) is 4.29. The minimum absolute atomic E-state index is 0.297. The Labute approximate surface area is 111 Å². The third-order valence-corrected chi connectivity index (χ3v) is 4.29. The largest absolute Gasteiger partial charge is 0.299 e. The molecule has 0 radical (unpaired) electrons. The van der Waals surface area contributed by atoms with Gasteiger partial charge < -0.3 is 0 Å². The first kappa shape index (κ1) is 13.3. The predicted octanol–water partition coefficient (Wildman–Crippen LogP) is 4.40. The molecule has 0 saturated heterocycles. The second-order valence-corrected chi connectivity index (χ2v) is 5.54. The van der Waals surface area contributed by atoms with Crippen molar-refractivity contribution < 1.29 is 4.79 Å². The number of hydrogen-bond donors (Lipinski definition) is 0. The Kier molecular flexibility index (Phi) is 4.98. The van der Waals surface area contributed by atoms with Crippen LogP contribution >= 0.6 is 0 Å². The van der Waals surface area contributed by atoms with Crippen molar-refractivity contribution in [2.24, 2.45) is 11.8 Å². The van der Waals surface area contributed by atoms with E-state index in [1.54, 1.807) is 0 Å². The predicted molar refractivity (Wildman–Crippen MR) is 75.5 cm³/mol. The molecule has 18 heavy (non-hydrogen) atoms. The van der Waals surface area contributed by atoms with Crippen LogP contribution in [0.5, 0.6) is 0 Å². The lowest BCUT2D eigenvalue weighted by Gasteiger charge is -2.28. The molecule has 2 rings (SSSR count). The van der Waals surface area contributed by atoms with Gasteiger partial charge in [-0.15, -0.1) is 0 Å². The highest BCUT2D eigenvalue weighted by molar-refractivity contribution is 5.83. The average Bonchev–Trinajstić information content (AvgIpc) is 2.42. The van der Waals surface area contributed by atoms with Gasteiger partial charge in [0.2, 0.25) is 0 Å². The lowest BCUT2D eigenvalue weighted by molar-refractivity contribution is -0.124. The van der Waals surface area contributed by atoms with E-state index in [0.29, 0.717) is 24.0 Å². The summed E-state index contributed by atoms with van der Waals surface area (Å²) >= 11 is 0. The van der Waals surface area contributed by atoms with Crippen molar-refractivity contribution in [3.8, 4) is 0 Å². The Bertz CT molecular complexity index is 362. The molecule has 0 aliphatic heterocycles. The van der Waals surface area contributed by atoms with Gasteiger partial charge in [-0.3, -0.25) is 4.79 Å². The molecular weight excluding hydrogens is 220 g/mol. The Morgan fingerprint density at radius 3 is 2.44 bits per heavy atom. The van der Waals surface area contributed by atoms with Crippen molar-refractivity contribution in [3.05, 3.63) is 35.9 Å². The van der Waals surface area contributed by atoms with Crippen LogP contribution in [0.4, 0.5) is 0 Å². The zero-order valence-electron chi connectivity index (χ0n) is 11.4. The Balaban J connectivity index is 1.96. The van der Waals surface area contributed by atoms with Crippen LogP contribution in [0.25, 0.3) is 0 Å². The van der Waals surface area contributed by atoms with Gasteiger partial charge in [-0.1, -0.05) is 56.5 Å². The first-order valence-corrected chi connectivity index (χ1v) is 7.38. The third kappa shape index (κ3) is 3.44. The molecule has 1 heteroatoms. The molecule has 1 aliphatic carbocycles. The van der Waals surface area contributed by atoms with Gasteiger partial charge in [0, 0.05) is 12.3 Å². The minimum Gasteiger partial charge on any atom is -0.299 e. The van der Waals surface area contributed by atoms with Gasteiger partial charge in [0.1, 0.15) is 5.78 Å². The number of ketones is 1. The van der Waals surface area contributed by atoms with E-state index in [-0.39, 0.29) is 0 Å². The molecule has 0 amide bonds. The maximum atomic E-state index is 12.4. The van der Waals surface area contributed by atoms with Crippen LogP contribution < -0.4 is 0 Å². The van der Waals surface area contributed by atoms with Crippen LogP contribution in [0.1, 0.15) is 51.0 Å². The van der Waals surface area contributed by atoms with Crippen LogP contribution in [0, 0.1) is 11.8 Å². The summed E-state index contributed by atoms with van der Waals surface area (Å²) in [5.74, 6) is 1.40. The number of Topliss-reactive ketones (excluding diaryl/α,β-unsaturated/α-hetero) is 1. The molecule has 1 aromatic carbocycles. The van der Waals surface area contributed by atoms with Crippen molar-refractivity contribution in [1.82, 2.24) is 0 Å². The van der Waals surface area contributed by atoms with E-state index in [4.69, 9.17) is 0 Å². The van der Waals surface area contributed by atoms with E-state index in [9.17, 15) is 4.79 Å². The number of rotatable bonds is 5. The first-order valence-electron chi connectivity index (χ1n) is 7.38. The molecule has 1 aromatic rings. The number of benzene rings is 1. The molecule has 0 bridgehead atoms. The maximum Gasteiger partial charge on any atom is 0.140 e. The van der Waals surface area contributed by atoms with E-state index in [1.807, 2.05) is 18.2 Å². The number of hydrogen-bond acceptors (Lipinski definition) is 1. The fourth-order valence-electron chi connectivity index (χ4n) is 3.29. The zero-order valence-corrected chi connectivity index (χ0v) is 11.4. The van der Waals surface area contributed by atoms with Crippen molar-refractivity contribution in [3.63, 3.8) is 0 Å². The molecule has 1 aliphatic rings. The van der Waals surface area contributed by atoms with E-state index in [2.05, 4.69) is 19.1 Å². The van der Waals surface area contributed by atoms with Crippen LogP contribution in [0.2, 0.25) is 0 Å². The molecule has 1 saturated carbocycles. The summed E-state index contributed by atoms with van der Waals surface area (Å²) in [5, 5.41) is 0. The van der Waals surface area contributed by atoms with Gasteiger partial charge >= 0.3 is 0 Å². The summed E-state index contributed by atoms with van der Waals surface area (Å²) < 4.78 is 0. The summed E-state index contributed by atoms with van der Waals surface area (Å²) in [6.45, 7) is 2.17. The van der Waals surface area contributed by atoms with E-state index >= 15 is 0 Å². The quantitative estimate of drug-likeness (QED) is 0.750. The van der Waals surface area contributed by atoms with E-state index in [1.165, 1.54) is 32.1 Å². The molecule has 98 valence electrons. The molecule has 1 fully saturated rings. The molecule has 1 unspecified atom stereocenters. The monoisotopic (exact) mass is 244 g/mol. The van der Waals surface area contributed by atoms with Crippen molar-refractivity contribution in [2.45, 2.75) is 51.9 Å². The SMILES string of the molecule is CCC(C(=O)Cc1ccccc1)C1CCCCC1. The normalized spacial score (nSPS) is 18.5. The van der Waals surface area contributed by atoms with E-state index < -0.39 is 0 Å². The van der Waals surface area contributed by atoms with Crippen LogP contribution in [0.3, 0.4) is 0 Å². The molecule has 0 heterocycles. The van der Waals surface area contributed by atoms with Crippen molar-refractivity contribution in [2.75, 3.05) is 0 Å². The van der Waals surface area contributed by atoms with Gasteiger partial charge in [-0.2, -0.15) is 0 Å². The molecule has 1 atom stereocenters. The fraction of sp³-hybridized carbons (Fsp3) is 0.588. The Hall–Kier alpha value is -1.11. The second-order valence-electron chi connectivity index (χ2n) is 5.54. The van der Waals surface area contributed by atoms with Gasteiger partial charge in [-0.25, -0.2) is 0 Å². The molecular formula is C17H24O. The maximum absolute atomic E-state index is 12.4. The van der Waals surface area contributed by atoms with Gasteiger partial charge in [-0.05, 0) is 30.7 Å². The number of carbonyl (C=O) groups is 1. The highest BCUT2D eigenvalue weighted by atomic mass is 16.1. The molecule has 0 aromatic heterocycles. The van der Waals surface area contributed by atoms with Gasteiger partial charge in [0.15, 0.2) is 0 Å². The van der Waals surface area contributed by atoms with Crippen LogP contribution in [-0.2, 0) is 11.2 Å². The summed E-state index contributed by atoms with van der Waals surface area (Å²) in [5.41, 5.74) is 1.16. The van der Waals surface area contributed by atoms with Crippen molar-refractivity contribution in [1.29, 1.82) is 0 Å². The topological polar surface area (TPSA) is 17.1 Å². The van der Waals surface area contributed by atoms with Gasteiger partial charge in [0.05, 0.1) is 0 Å². The van der Waals surface area contributed by atoms with Crippen LogP contribution in [0.15, 0.2) is 30.3 Å². The summed E-state index contributed by atoms with van der Waals surface area (Å²) in [7, 11) is 0. The average molecular weight is 244 g/mol. The highest BCUT2D eigenvalue weighted by Crippen LogP contribution is 2.32. The first-order chi connectivity index (χ1) is 8.81. The van der Waals surface area contributed by atoms with E-state index in [0.717, 1.165) is 12.0 Å². The number of carbonyl (C=O) groups excluding carboxylic acids is 1. The summed E-state index contributed by atoms with van der Waals surface area (Å²) in [4.78, 5) is 12.4. The second kappa shape index (κ2) is 6.72. The summed E-state index contributed by atoms with van der Waals surface area (Å²) in [6.07, 6.45) is 8.16. The lowest BCUT2D eigenvalue weighted by Crippen LogP contribution is -2.26. The lowest BCUT2D eigenvalue weighted by atomic mass is 9.76. The summed E-state index contributed by atoms with van der Waals surface area (Å²) in [6, 6.07) is 10.2. The molecule has 0 N–H and O–H groups in total. The van der Waals surface area contributed by atoms with Crippen molar-refractivity contribution >= 4 is 5.78 Å². The zero-order chi connectivity index (χ0) is 12.8. The van der Waals surface area contributed by atoms with Gasteiger partial charge in [0.25, 0.3) is 0 Å². The molecule has 1 nitrogen and oxygen atoms in total. The Morgan fingerprint density at radius 1 is 1.17 bits per heavy atom.